The van der Waals surface area contributed by atoms with E-state index in [0.717, 1.165) is 0 Å². The van der Waals surface area contributed by atoms with E-state index in [-0.39, 0.29) is 12.1 Å². The SMILES string of the molecule is CC(C)(C)OCCN(C=O)CC=O. The lowest BCUT2D eigenvalue weighted by Crippen LogP contribution is -2.31. The first-order valence-electron chi connectivity index (χ1n) is 4.26. The Kier molecular flexibility index (Phi) is 5.30. The summed E-state index contributed by atoms with van der Waals surface area (Å²) in [4.78, 5) is 21.8. The van der Waals surface area contributed by atoms with Gasteiger partial charge in [0.05, 0.1) is 18.8 Å². The van der Waals surface area contributed by atoms with Crippen molar-refractivity contribution >= 4 is 12.7 Å². The van der Waals surface area contributed by atoms with E-state index in [4.69, 9.17) is 4.74 Å². The van der Waals surface area contributed by atoms with Crippen molar-refractivity contribution in [3.63, 3.8) is 0 Å². The molecule has 0 atom stereocenters. The smallest absolute Gasteiger partial charge is 0.210 e. The number of carbonyl (C=O) groups excluding carboxylic acids is 2. The molecule has 0 aromatic heterocycles. The molecule has 1 amide bonds. The lowest BCUT2D eigenvalue weighted by Gasteiger charge is -2.21. The first-order valence-corrected chi connectivity index (χ1v) is 4.26. The van der Waals surface area contributed by atoms with Crippen molar-refractivity contribution in [1.82, 2.24) is 4.90 Å². The van der Waals surface area contributed by atoms with Gasteiger partial charge in [-0.2, -0.15) is 0 Å². The normalized spacial score (nSPS) is 11.0. The molecule has 0 bridgehead atoms. The molecular formula is C9H17NO3. The minimum Gasteiger partial charge on any atom is -0.374 e. The Morgan fingerprint density at radius 1 is 1.31 bits per heavy atom. The van der Waals surface area contributed by atoms with Crippen LogP contribution in [0.5, 0.6) is 0 Å². The Morgan fingerprint density at radius 3 is 2.31 bits per heavy atom. The molecule has 0 N–H and O–H groups in total. The summed E-state index contributed by atoms with van der Waals surface area (Å²) in [6.45, 7) is 6.88. The molecule has 0 aliphatic carbocycles. The zero-order valence-corrected chi connectivity index (χ0v) is 8.45. The predicted octanol–water partition coefficient (Wildman–Crippen LogP) is 0.459. The number of ether oxygens (including phenoxy) is 1. The summed E-state index contributed by atoms with van der Waals surface area (Å²) in [5.74, 6) is 0. The molecule has 0 spiro atoms. The van der Waals surface area contributed by atoms with E-state index in [0.29, 0.717) is 25.8 Å². The fraction of sp³-hybridized carbons (Fsp3) is 0.778. The third kappa shape index (κ3) is 7.46. The van der Waals surface area contributed by atoms with Gasteiger partial charge in [-0.05, 0) is 20.8 Å². The monoisotopic (exact) mass is 187 g/mol. The van der Waals surface area contributed by atoms with Crippen molar-refractivity contribution < 1.29 is 14.3 Å². The van der Waals surface area contributed by atoms with Crippen LogP contribution < -0.4 is 0 Å². The van der Waals surface area contributed by atoms with E-state index in [9.17, 15) is 9.59 Å². The highest BCUT2D eigenvalue weighted by Crippen LogP contribution is 2.05. The molecule has 0 aromatic rings. The number of rotatable bonds is 6. The maximum atomic E-state index is 10.4. The first-order chi connectivity index (χ1) is 5.99. The molecule has 0 fully saturated rings. The number of nitrogens with zero attached hydrogens (tertiary/aromatic N) is 1. The first kappa shape index (κ1) is 12.1. The molecule has 0 radical (unpaired) electrons. The lowest BCUT2D eigenvalue weighted by atomic mass is 10.2. The second-order valence-electron chi connectivity index (χ2n) is 3.73. The molecule has 0 aromatic carbocycles. The highest BCUT2D eigenvalue weighted by Gasteiger charge is 2.10. The van der Waals surface area contributed by atoms with Gasteiger partial charge in [-0.3, -0.25) is 4.79 Å². The predicted molar refractivity (Wildman–Crippen MR) is 49.4 cm³/mol. The van der Waals surface area contributed by atoms with Crippen molar-refractivity contribution in [1.29, 1.82) is 0 Å². The van der Waals surface area contributed by atoms with Crippen LogP contribution >= 0.6 is 0 Å². The summed E-state index contributed by atoms with van der Waals surface area (Å²) < 4.78 is 5.39. The maximum Gasteiger partial charge on any atom is 0.210 e. The van der Waals surface area contributed by atoms with Gasteiger partial charge >= 0.3 is 0 Å². The van der Waals surface area contributed by atoms with Crippen molar-refractivity contribution in [2.45, 2.75) is 26.4 Å². The van der Waals surface area contributed by atoms with E-state index in [1.807, 2.05) is 20.8 Å². The van der Waals surface area contributed by atoms with Crippen LogP contribution in [0, 0.1) is 0 Å². The number of hydrogen-bond acceptors (Lipinski definition) is 3. The Labute approximate surface area is 78.9 Å². The minimum absolute atomic E-state index is 0.136. The lowest BCUT2D eigenvalue weighted by molar-refractivity contribution is -0.123. The van der Waals surface area contributed by atoms with E-state index < -0.39 is 0 Å². The van der Waals surface area contributed by atoms with Crippen LogP contribution in [0.15, 0.2) is 0 Å². The Balaban J connectivity index is 3.60. The quantitative estimate of drug-likeness (QED) is 0.567. The van der Waals surface area contributed by atoms with Crippen LogP contribution in [0.2, 0.25) is 0 Å². The van der Waals surface area contributed by atoms with Crippen LogP contribution in [0.3, 0.4) is 0 Å². The number of amides is 1. The average molecular weight is 187 g/mol. The standard InChI is InChI=1S/C9H17NO3/c1-9(2,3)13-7-5-10(8-12)4-6-11/h6,8H,4-5,7H2,1-3H3. The Hall–Kier alpha value is -0.900. The summed E-state index contributed by atoms with van der Waals surface area (Å²) in [5, 5.41) is 0. The van der Waals surface area contributed by atoms with Crippen molar-refractivity contribution in [2.24, 2.45) is 0 Å². The van der Waals surface area contributed by atoms with Gasteiger partial charge in [-0.15, -0.1) is 0 Å². The zero-order chi connectivity index (χ0) is 10.3. The van der Waals surface area contributed by atoms with Gasteiger partial charge in [0.1, 0.15) is 6.29 Å². The molecule has 0 saturated carbocycles. The van der Waals surface area contributed by atoms with E-state index in [2.05, 4.69) is 0 Å². The Bertz CT molecular complexity index is 163. The van der Waals surface area contributed by atoms with Crippen molar-refractivity contribution in [2.75, 3.05) is 19.7 Å². The van der Waals surface area contributed by atoms with Crippen molar-refractivity contribution in [3.8, 4) is 0 Å². The molecule has 13 heavy (non-hydrogen) atoms. The average Bonchev–Trinajstić information content (AvgIpc) is 2.01. The van der Waals surface area contributed by atoms with Crippen LogP contribution in [-0.4, -0.2) is 42.9 Å². The van der Waals surface area contributed by atoms with Gasteiger partial charge in [-0.1, -0.05) is 0 Å². The van der Waals surface area contributed by atoms with E-state index in [1.165, 1.54) is 4.90 Å². The van der Waals surface area contributed by atoms with Crippen LogP contribution in [-0.2, 0) is 14.3 Å². The third-order valence-electron chi connectivity index (χ3n) is 1.37. The highest BCUT2D eigenvalue weighted by molar-refractivity contribution is 5.59. The summed E-state index contributed by atoms with van der Waals surface area (Å²) in [7, 11) is 0. The summed E-state index contributed by atoms with van der Waals surface area (Å²) in [6.07, 6.45) is 1.35. The molecule has 0 rings (SSSR count). The number of carbonyl (C=O) groups is 2. The molecule has 0 unspecified atom stereocenters. The van der Waals surface area contributed by atoms with Gasteiger partial charge in [0.2, 0.25) is 6.41 Å². The van der Waals surface area contributed by atoms with Gasteiger partial charge in [0, 0.05) is 6.54 Å². The molecule has 0 aliphatic heterocycles. The fourth-order valence-electron chi connectivity index (χ4n) is 0.752. The minimum atomic E-state index is -0.199. The fourth-order valence-corrected chi connectivity index (χ4v) is 0.752. The molecule has 0 heterocycles. The molecule has 76 valence electrons. The van der Waals surface area contributed by atoms with E-state index >= 15 is 0 Å². The summed E-state index contributed by atoms with van der Waals surface area (Å²) in [6, 6.07) is 0. The van der Waals surface area contributed by atoms with Crippen LogP contribution in [0.1, 0.15) is 20.8 Å². The van der Waals surface area contributed by atoms with Crippen LogP contribution in [0.4, 0.5) is 0 Å². The second-order valence-corrected chi connectivity index (χ2v) is 3.73. The number of aldehydes is 1. The van der Waals surface area contributed by atoms with Gasteiger partial charge in [0.15, 0.2) is 0 Å². The number of hydrogen-bond donors (Lipinski definition) is 0. The molecule has 4 heteroatoms. The Morgan fingerprint density at radius 2 is 1.92 bits per heavy atom. The third-order valence-corrected chi connectivity index (χ3v) is 1.37. The molecular weight excluding hydrogens is 170 g/mol. The molecule has 4 nitrogen and oxygen atoms in total. The van der Waals surface area contributed by atoms with Crippen LogP contribution in [0.25, 0.3) is 0 Å². The van der Waals surface area contributed by atoms with Gasteiger partial charge in [0.25, 0.3) is 0 Å². The summed E-state index contributed by atoms with van der Waals surface area (Å²) in [5.41, 5.74) is -0.199. The highest BCUT2D eigenvalue weighted by atomic mass is 16.5. The van der Waals surface area contributed by atoms with Gasteiger partial charge in [-0.25, -0.2) is 0 Å². The topological polar surface area (TPSA) is 46.6 Å². The largest absolute Gasteiger partial charge is 0.374 e. The van der Waals surface area contributed by atoms with E-state index in [1.54, 1.807) is 0 Å². The molecule has 0 aliphatic rings. The molecule has 0 saturated heterocycles. The van der Waals surface area contributed by atoms with Crippen molar-refractivity contribution in [3.05, 3.63) is 0 Å². The summed E-state index contributed by atoms with van der Waals surface area (Å²) >= 11 is 0. The zero-order valence-electron chi connectivity index (χ0n) is 8.45. The van der Waals surface area contributed by atoms with Gasteiger partial charge < -0.3 is 14.4 Å². The maximum absolute atomic E-state index is 10.4. The second kappa shape index (κ2) is 5.70.